The molecule has 0 fully saturated rings. The van der Waals surface area contributed by atoms with Crippen molar-refractivity contribution in [1.82, 2.24) is 5.32 Å². The van der Waals surface area contributed by atoms with Gasteiger partial charge in [0.25, 0.3) is 0 Å². The van der Waals surface area contributed by atoms with E-state index in [1.54, 1.807) is 6.07 Å². The van der Waals surface area contributed by atoms with E-state index in [1.165, 1.54) is 5.56 Å². The van der Waals surface area contributed by atoms with E-state index in [-0.39, 0.29) is 6.04 Å². The number of aromatic hydroxyl groups is 1. The van der Waals surface area contributed by atoms with E-state index in [0.29, 0.717) is 5.75 Å². The van der Waals surface area contributed by atoms with Crippen LogP contribution in [0.25, 0.3) is 0 Å². The van der Waals surface area contributed by atoms with Crippen molar-refractivity contribution in [2.24, 2.45) is 0 Å². The van der Waals surface area contributed by atoms with Gasteiger partial charge in [0.2, 0.25) is 0 Å². The molecule has 0 aliphatic heterocycles. The Kier molecular flexibility index (Phi) is 5.20. The topological polar surface area (TPSA) is 32.3 Å². The quantitative estimate of drug-likeness (QED) is 0.634. The Balaban J connectivity index is 2.10. The highest BCUT2D eigenvalue weighted by atomic mass is 16.3. The molecule has 3 aromatic carbocycles. The fourth-order valence-corrected chi connectivity index (χ4v) is 3.57. The van der Waals surface area contributed by atoms with Gasteiger partial charge in [-0.2, -0.15) is 0 Å². The molecule has 3 aromatic rings. The molecular weight excluding hydrogens is 306 g/mol. The van der Waals surface area contributed by atoms with Crippen LogP contribution >= 0.6 is 0 Å². The third-order valence-electron chi connectivity index (χ3n) is 4.92. The van der Waals surface area contributed by atoms with Gasteiger partial charge in [-0.1, -0.05) is 85.8 Å². The van der Waals surface area contributed by atoms with Crippen LogP contribution in [0.1, 0.15) is 43.0 Å². The Labute approximate surface area is 150 Å². The number of nitrogens with one attached hydrogen (secondary N) is 1. The standard InChI is InChI=1S/C23H25NO/c1-3-23(20-14-8-5-9-15-20,21-16-10-11-17-22(21)25)24-18(2)19-12-6-4-7-13-19/h4-18,24-25H,3H2,1-2H3/t18-,23+/m1/s1. The molecule has 0 radical (unpaired) electrons. The molecule has 2 nitrogen and oxygen atoms in total. The highest BCUT2D eigenvalue weighted by molar-refractivity contribution is 5.46. The molecule has 128 valence electrons. The maximum Gasteiger partial charge on any atom is 0.120 e. The third kappa shape index (κ3) is 3.45. The summed E-state index contributed by atoms with van der Waals surface area (Å²) < 4.78 is 0. The van der Waals surface area contributed by atoms with Gasteiger partial charge in [-0.3, -0.25) is 5.32 Å². The number of benzene rings is 3. The zero-order chi connectivity index (χ0) is 17.7. The molecule has 0 saturated carbocycles. The Hall–Kier alpha value is -2.58. The molecule has 3 rings (SSSR count). The van der Waals surface area contributed by atoms with Crippen LogP contribution in [-0.2, 0) is 5.54 Å². The van der Waals surface area contributed by atoms with E-state index in [2.05, 4.69) is 67.7 Å². The van der Waals surface area contributed by atoms with E-state index in [4.69, 9.17) is 0 Å². The summed E-state index contributed by atoms with van der Waals surface area (Å²) in [6, 6.07) is 28.6. The lowest BCUT2D eigenvalue weighted by Gasteiger charge is -2.38. The first-order valence-corrected chi connectivity index (χ1v) is 8.84. The van der Waals surface area contributed by atoms with Crippen molar-refractivity contribution in [2.75, 3.05) is 0 Å². The van der Waals surface area contributed by atoms with E-state index in [9.17, 15) is 5.11 Å². The zero-order valence-electron chi connectivity index (χ0n) is 14.8. The van der Waals surface area contributed by atoms with Gasteiger partial charge in [-0.15, -0.1) is 0 Å². The minimum atomic E-state index is -0.456. The van der Waals surface area contributed by atoms with Crippen LogP contribution in [0, 0.1) is 0 Å². The van der Waals surface area contributed by atoms with E-state index < -0.39 is 5.54 Å². The maximum absolute atomic E-state index is 10.6. The minimum absolute atomic E-state index is 0.140. The molecule has 0 spiro atoms. The Morgan fingerprint density at radius 2 is 1.40 bits per heavy atom. The minimum Gasteiger partial charge on any atom is -0.508 e. The van der Waals surface area contributed by atoms with E-state index >= 15 is 0 Å². The van der Waals surface area contributed by atoms with Gasteiger partial charge in [-0.25, -0.2) is 0 Å². The molecule has 0 aliphatic rings. The normalized spacial score (nSPS) is 14.6. The first-order chi connectivity index (χ1) is 12.2. The van der Waals surface area contributed by atoms with Crippen LogP contribution < -0.4 is 5.32 Å². The van der Waals surface area contributed by atoms with Crippen LogP contribution in [0.3, 0.4) is 0 Å². The summed E-state index contributed by atoms with van der Waals surface area (Å²) in [5.74, 6) is 0.320. The van der Waals surface area contributed by atoms with Crippen molar-refractivity contribution in [3.05, 3.63) is 102 Å². The van der Waals surface area contributed by atoms with Crippen LogP contribution in [0.15, 0.2) is 84.9 Å². The molecule has 0 heterocycles. The van der Waals surface area contributed by atoms with Crippen LogP contribution in [-0.4, -0.2) is 5.11 Å². The van der Waals surface area contributed by atoms with Gasteiger partial charge in [0.05, 0.1) is 5.54 Å². The van der Waals surface area contributed by atoms with E-state index in [1.807, 2.05) is 30.3 Å². The highest BCUT2D eigenvalue weighted by Crippen LogP contribution is 2.39. The summed E-state index contributed by atoms with van der Waals surface area (Å²) in [7, 11) is 0. The first-order valence-electron chi connectivity index (χ1n) is 8.84. The second kappa shape index (κ2) is 7.54. The van der Waals surface area contributed by atoms with Crippen LogP contribution in [0.4, 0.5) is 0 Å². The Morgan fingerprint density at radius 1 is 0.840 bits per heavy atom. The van der Waals surface area contributed by atoms with Crippen molar-refractivity contribution in [3.63, 3.8) is 0 Å². The second-order valence-corrected chi connectivity index (χ2v) is 6.42. The van der Waals surface area contributed by atoms with Gasteiger partial charge >= 0.3 is 0 Å². The largest absolute Gasteiger partial charge is 0.508 e. The van der Waals surface area contributed by atoms with Crippen molar-refractivity contribution < 1.29 is 5.11 Å². The summed E-state index contributed by atoms with van der Waals surface area (Å²) in [6.07, 6.45) is 0.825. The predicted molar refractivity (Wildman–Crippen MR) is 104 cm³/mol. The highest BCUT2D eigenvalue weighted by Gasteiger charge is 2.35. The molecule has 2 atom stereocenters. The second-order valence-electron chi connectivity index (χ2n) is 6.42. The summed E-state index contributed by atoms with van der Waals surface area (Å²) >= 11 is 0. The third-order valence-corrected chi connectivity index (χ3v) is 4.92. The van der Waals surface area contributed by atoms with Gasteiger partial charge < -0.3 is 5.11 Å². The predicted octanol–water partition coefficient (Wildman–Crippen LogP) is 5.40. The molecule has 0 amide bonds. The molecule has 0 aromatic heterocycles. The average molecular weight is 331 g/mol. The van der Waals surface area contributed by atoms with Crippen molar-refractivity contribution in [3.8, 4) is 5.75 Å². The Morgan fingerprint density at radius 3 is 2.00 bits per heavy atom. The van der Waals surface area contributed by atoms with E-state index in [0.717, 1.165) is 17.5 Å². The number of phenolic OH excluding ortho intramolecular Hbond substituents is 1. The number of rotatable bonds is 6. The van der Waals surface area contributed by atoms with Gasteiger partial charge in [-0.05, 0) is 30.5 Å². The number of hydrogen-bond donors (Lipinski definition) is 2. The summed E-state index contributed by atoms with van der Waals surface area (Å²) in [5.41, 5.74) is 2.84. The molecule has 25 heavy (non-hydrogen) atoms. The summed E-state index contributed by atoms with van der Waals surface area (Å²) in [6.45, 7) is 4.33. The molecule has 2 heteroatoms. The van der Waals surface area contributed by atoms with Crippen molar-refractivity contribution in [2.45, 2.75) is 31.8 Å². The SMILES string of the molecule is CC[C@](N[C@H](C)c1ccccc1)(c1ccccc1)c1ccccc1O. The molecule has 2 N–H and O–H groups in total. The number of para-hydroxylation sites is 1. The summed E-state index contributed by atoms with van der Waals surface area (Å²) in [5, 5.41) is 14.4. The first kappa shape index (κ1) is 17.2. The van der Waals surface area contributed by atoms with Crippen molar-refractivity contribution >= 4 is 0 Å². The smallest absolute Gasteiger partial charge is 0.120 e. The number of hydrogen-bond acceptors (Lipinski definition) is 2. The lowest BCUT2D eigenvalue weighted by atomic mass is 9.79. The molecule has 0 saturated heterocycles. The lowest BCUT2D eigenvalue weighted by molar-refractivity contribution is 0.331. The van der Waals surface area contributed by atoms with Gasteiger partial charge in [0, 0.05) is 11.6 Å². The lowest BCUT2D eigenvalue weighted by Crippen LogP contribution is -2.44. The average Bonchev–Trinajstić information content (AvgIpc) is 2.68. The van der Waals surface area contributed by atoms with Crippen molar-refractivity contribution in [1.29, 1.82) is 0 Å². The van der Waals surface area contributed by atoms with Crippen LogP contribution in [0.2, 0.25) is 0 Å². The Bertz CT molecular complexity index is 801. The maximum atomic E-state index is 10.6. The van der Waals surface area contributed by atoms with Crippen LogP contribution in [0.5, 0.6) is 5.75 Å². The fourth-order valence-electron chi connectivity index (χ4n) is 3.57. The molecule has 0 bridgehead atoms. The summed E-state index contributed by atoms with van der Waals surface area (Å²) in [4.78, 5) is 0. The molecule has 0 aliphatic carbocycles. The fraction of sp³-hybridized carbons (Fsp3) is 0.217. The monoisotopic (exact) mass is 331 g/mol. The van der Waals surface area contributed by atoms with Gasteiger partial charge in [0.15, 0.2) is 0 Å². The van der Waals surface area contributed by atoms with Gasteiger partial charge in [0.1, 0.15) is 5.75 Å². The zero-order valence-corrected chi connectivity index (χ0v) is 14.8. The molecule has 0 unspecified atom stereocenters. The number of phenols is 1. The molecular formula is C23H25NO.